The molecule has 0 N–H and O–H groups in total. The minimum Gasteiger partial charge on any atom is -0.311 e. The summed E-state index contributed by atoms with van der Waals surface area (Å²) in [5, 5.41) is 0. The number of fused-ring (bicyclic) bond motifs is 6. The lowest BCUT2D eigenvalue weighted by molar-refractivity contribution is -0.00530. The monoisotopic (exact) mass is 1870 g/mol. The predicted octanol–water partition coefficient (Wildman–Crippen LogP) is 38.8. The molecule has 19 aromatic rings. The maximum atomic E-state index is 2.48. The molecule has 0 spiro atoms. The zero-order valence-corrected chi connectivity index (χ0v) is 83.7. The van der Waals surface area contributed by atoms with Crippen LogP contribution in [0.2, 0.25) is 0 Å². The maximum Gasteiger partial charge on any atom is 0.0465 e. The van der Waals surface area contributed by atoms with E-state index >= 15 is 0 Å². The number of benzene rings is 19. The van der Waals surface area contributed by atoms with Crippen LogP contribution in [0, 0.1) is 42.4 Å². The minimum absolute atomic E-state index is 0.104. The van der Waals surface area contributed by atoms with Gasteiger partial charge in [0.1, 0.15) is 0 Å². The van der Waals surface area contributed by atoms with Crippen molar-refractivity contribution in [1.82, 2.24) is 0 Å². The number of para-hydroxylation sites is 2. The number of aryl methyl sites for hydroxylation is 1. The molecule has 29 rings (SSSR count). The zero-order chi connectivity index (χ0) is 97.1. The van der Waals surface area contributed by atoms with E-state index in [1.54, 1.807) is 11.1 Å². The highest BCUT2D eigenvalue weighted by Gasteiger charge is 2.53. The van der Waals surface area contributed by atoms with Crippen LogP contribution in [0.15, 0.2) is 467 Å². The van der Waals surface area contributed by atoms with Gasteiger partial charge in [-0.1, -0.05) is 349 Å². The van der Waals surface area contributed by atoms with Crippen LogP contribution in [0.1, 0.15) is 144 Å². The Kier molecular flexibility index (Phi) is 22.6. The summed E-state index contributed by atoms with van der Waals surface area (Å²) < 4.78 is 0. The van der Waals surface area contributed by atoms with Crippen molar-refractivity contribution < 1.29 is 0 Å². The molecule has 10 aliphatic carbocycles. The third kappa shape index (κ3) is 16.7. The summed E-state index contributed by atoms with van der Waals surface area (Å²) in [4.78, 5) is 9.50. The van der Waals surface area contributed by atoms with Crippen LogP contribution >= 0.6 is 0 Å². The number of rotatable bonds is 21. The van der Waals surface area contributed by atoms with E-state index in [1.165, 1.54) is 205 Å². The Balaban J connectivity index is 0.000000148. The third-order valence-electron chi connectivity index (χ3n) is 34.8. The largest absolute Gasteiger partial charge is 0.311 e. The first-order valence-corrected chi connectivity index (χ1v) is 53.1. The minimum atomic E-state index is -0.107. The fourth-order valence-electron chi connectivity index (χ4n) is 28.2. The van der Waals surface area contributed by atoms with Crippen LogP contribution in [-0.2, 0) is 21.7 Å². The Morgan fingerprint density at radius 2 is 0.366 bits per heavy atom. The highest BCUT2D eigenvalue weighted by atomic mass is 15.2. The van der Waals surface area contributed by atoms with Crippen LogP contribution in [0.25, 0.3) is 100 Å². The van der Waals surface area contributed by atoms with Crippen LogP contribution in [0.4, 0.5) is 68.2 Å². The van der Waals surface area contributed by atoms with E-state index in [1.807, 2.05) is 0 Å². The Morgan fingerprint density at radius 1 is 0.166 bits per heavy atom. The fourth-order valence-corrected chi connectivity index (χ4v) is 28.2. The highest BCUT2D eigenvalue weighted by molar-refractivity contribution is 5.91. The highest BCUT2D eigenvalue weighted by Crippen LogP contribution is 2.64. The summed E-state index contributed by atoms with van der Waals surface area (Å²) in [5.41, 5.74) is 46.6. The van der Waals surface area contributed by atoms with Gasteiger partial charge in [0.2, 0.25) is 0 Å². The number of anilines is 12. The van der Waals surface area contributed by atoms with Gasteiger partial charge in [0.05, 0.1) is 0 Å². The molecule has 4 heteroatoms. The van der Waals surface area contributed by atoms with Crippen molar-refractivity contribution in [2.45, 2.75) is 133 Å². The molecule has 0 aromatic heterocycles. The summed E-state index contributed by atoms with van der Waals surface area (Å²) >= 11 is 0. The van der Waals surface area contributed by atoms with Crippen molar-refractivity contribution in [2.24, 2.45) is 35.5 Å². The summed E-state index contributed by atoms with van der Waals surface area (Å²) in [6, 6.07) is 174. The maximum absolute atomic E-state index is 2.48. The first kappa shape index (κ1) is 89.5. The SMILES string of the molecule is CC1(C)c2ccccc2-c2ccc(N(c3ccc(-c4ccc(N(c5ccccc5)c5ccccc5)cc4)cc3)c3ccc(-c4cccc(-c5ccc(C67CC8CC(CC(C8)C6)C7)cc5)c4)cc3)cc21.Cc1ccc(N(c2ccc(-c3ccc(-c4ccc(C56CC7CC(CC(C7)C5)C6)cc4)cc3)cc2)c2ccc(-c3ccc(N(c4ccc(-c5ccccc5)cc4)c4ccc5c(c4)C(C)(C)c4ccccc4-5)cc3)cc2)cc1. The van der Waals surface area contributed by atoms with E-state index in [2.05, 4.69) is 521 Å². The lowest BCUT2D eigenvalue weighted by Crippen LogP contribution is -2.48. The molecule has 8 fully saturated rings. The third-order valence-corrected chi connectivity index (χ3v) is 34.8. The molecular weight excluding hydrogens is 1750 g/mol. The van der Waals surface area contributed by atoms with Crippen molar-refractivity contribution >= 4 is 68.2 Å². The molecule has 0 unspecified atom stereocenters. The van der Waals surface area contributed by atoms with E-state index in [-0.39, 0.29) is 10.8 Å². The molecule has 0 atom stereocenters. The van der Waals surface area contributed by atoms with E-state index in [0.717, 1.165) is 104 Å². The van der Waals surface area contributed by atoms with Gasteiger partial charge in [-0.3, -0.25) is 0 Å². The summed E-state index contributed by atoms with van der Waals surface area (Å²) in [6.45, 7) is 11.6. The molecule has 0 saturated heterocycles. The quantitative estimate of drug-likeness (QED) is 0.0711. The Hall–Kier alpha value is -15.6. The molecule has 706 valence electrons. The summed E-state index contributed by atoms with van der Waals surface area (Å²) in [6.07, 6.45) is 17.4. The van der Waals surface area contributed by atoms with E-state index in [9.17, 15) is 0 Å². The second-order valence-corrected chi connectivity index (χ2v) is 44.6. The molecule has 0 radical (unpaired) electrons. The molecule has 19 aromatic carbocycles. The summed E-state index contributed by atoms with van der Waals surface area (Å²) in [5.74, 6) is 5.76. The second kappa shape index (κ2) is 36.7. The van der Waals surface area contributed by atoms with Crippen molar-refractivity contribution in [1.29, 1.82) is 0 Å². The number of hydrogen-bond donors (Lipinski definition) is 0. The Bertz CT molecular complexity index is 7840. The van der Waals surface area contributed by atoms with E-state index < -0.39 is 0 Å². The van der Waals surface area contributed by atoms with Gasteiger partial charge in [-0.15, -0.1) is 0 Å². The van der Waals surface area contributed by atoms with Gasteiger partial charge in [-0.25, -0.2) is 0 Å². The number of hydrogen-bond acceptors (Lipinski definition) is 4. The van der Waals surface area contributed by atoms with Crippen LogP contribution in [0.5, 0.6) is 0 Å². The van der Waals surface area contributed by atoms with Crippen LogP contribution < -0.4 is 19.6 Å². The van der Waals surface area contributed by atoms with Crippen molar-refractivity contribution in [3.63, 3.8) is 0 Å². The smallest absolute Gasteiger partial charge is 0.0465 e. The lowest BCUT2D eigenvalue weighted by atomic mass is 9.48. The molecule has 10 aliphatic rings. The average Bonchev–Trinajstić information content (AvgIpc) is 1.66. The molecule has 0 aliphatic heterocycles. The fraction of sp³-hybridized carbons (Fsp3) is 0.191. The van der Waals surface area contributed by atoms with Gasteiger partial charge in [0.15, 0.2) is 0 Å². The van der Waals surface area contributed by atoms with E-state index in [0.29, 0.717) is 10.8 Å². The average molecular weight is 1870 g/mol. The van der Waals surface area contributed by atoms with Gasteiger partial charge in [0.25, 0.3) is 0 Å². The van der Waals surface area contributed by atoms with Gasteiger partial charge < -0.3 is 19.6 Å². The molecule has 0 heterocycles. The first-order valence-electron chi connectivity index (χ1n) is 53.1. The lowest BCUT2D eigenvalue weighted by Gasteiger charge is -2.57. The molecule has 8 saturated carbocycles. The van der Waals surface area contributed by atoms with Crippen molar-refractivity contribution in [2.75, 3.05) is 19.6 Å². The second-order valence-electron chi connectivity index (χ2n) is 44.6. The van der Waals surface area contributed by atoms with Gasteiger partial charge in [-0.2, -0.15) is 0 Å². The number of nitrogens with zero attached hydrogens (tertiary/aromatic N) is 4. The molecule has 0 amide bonds. The molecule has 4 nitrogen and oxygen atoms in total. The first-order chi connectivity index (χ1) is 71.1. The molecule has 8 bridgehead atoms. The van der Waals surface area contributed by atoms with Crippen molar-refractivity contribution in [3.05, 3.63) is 506 Å². The topological polar surface area (TPSA) is 13.0 Å². The van der Waals surface area contributed by atoms with Crippen LogP contribution in [0.3, 0.4) is 0 Å². The van der Waals surface area contributed by atoms with E-state index in [4.69, 9.17) is 0 Å². The Morgan fingerprint density at radius 3 is 0.655 bits per heavy atom. The standard InChI is InChI=1S/C74H64N2.C67H58N2/c1-50-13-31-63(32-14-50)75(64-33-23-59(24-34-64)56-17-15-55(16-18-56)57-19-29-62(30-20-57)74-47-51-43-52(48-74)45-53(44-51)49-74)65-35-25-60(26-36-65)61-27-39-67(40-28-61)76(66-37-21-58(22-38-66)54-9-5-4-6-10-54)68-41-42-70-69-11-7-8-12-71(69)73(2,3)72(70)46-68;1-66(2)64-19-10-9-18-62(64)63-37-36-61(42-65(63)66)69(59-32-24-50(25-33-59)49-22-30-58(31-23-49)68(56-14-5-3-6-15-56)57-16-7-4-8-17-57)60-34-26-52(27-35-60)54-13-11-12-53(41-54)51-20-28-55(29-21-51)67-43-46-38-47(44-67)40-48(39-46)45-67/h4-42,46,51-53H,43-45,47-49H2,1-3H3;3-37,41-42,46-48H,38-40,43-45H2,1-2H3. The molecule has 145 heavy (non-hydrogen) atoms. The van der Waals surface area contributed by atoms with Crippen LogP contribution in [-0.4, -0.2) is 0 Å². The Labute approximate surface area is 856 Å². The predicted molar refractivity (Wildman–Crippen MR) is 609 cm³/mol. The van der Waals surface area contributed by atoms with Gasteiger partial charge in [-0.05, 0) is 415 Å². The zero-order valence-electron chi connectivity index (χ0n) is 83.7. The summed E-state index contributed by atoms with van der Waals surface area (Å²) in [7, 11) is 0. The van der Waals surface area contributed by atoms with Gasteiger partial charge >= 0.3 is 0 Å². The molecular formula is C141H122N4. The van der Waals surface area contributed by atoms with Crippen molar-refractivity contribution in [3.8, 4) is 100 Å². The van der Waals surface area contributed by atoms with Gasteiger partial charge in [0, 0.05) is 79.1 Å². The normalized spacial score (nSPS) is 19.9.